The van der Waals surface area contributed by atoms with E-state index in [1.54, 1.807) is 35.9 Å². The third-order valence-electron chi connectivity index (χ3n) is 4.00. The molecule has 1 amide bonds. The first-order valence-corrected chi connectivity index (χ1v) is 9.27. The molecule has 1 N–H and O–H groups in total. The van der Waals surface area contributed by atoms with Gasteiger partial charge in [0.1, 0.15) is 0 Å². The molecule has 0 saturated heterocycles. The van der Waals surface area contributed by atoms with Gasteiger partial charge in [-0.2, -0.15) is 4.68 Å². The van der Waals surface area contributed by atoms with E-state index in [1.165, 1.54) is 18.7 Å². The van der Waals surface area contributed by atoms with E-state index >= 15 is 0 Å². The molecule has 0 radical (unpaired) electrons. The zero-order chi connectivity index (χ0) is 19.4. The van der Waals surface area contributed by atoms with Crippen LogP contribution in [0, 0.1) is 6.92 Å². The summed E-state index contributed by atoms with van der Waals surface area (Å²) in [6.07, 6.45) is 0. The Kier molecular flexibility index (Phi) is 5.66. The van der Waals surface area contributed by atoms with Gasteiger partial charge < -0.3 is 5.32 Å². The number of nitrogens with zero attached hydrogens (tertiary/aromatic N) is 4. The van der Waals surface area contributed by atoms with Crippen molar-refractivity contribution >= 4 is 29.1 Å². The van der Waals surface area contributed by atoms with Gasteiger partial charge in [0.15, 0.2) is 5.78 Å². The Morgan fingerprint density at radius 3 is 2.56 bits per heavy atom. The highest BCUT2D eigenvalue weighted by Crippen LogP contribution is 2.25. The second-order valence-electron chi connectivity index (χ2n) is 6.01. The van der Waals surface area contributed by atoms with Crippen LogP contribution in [0.2, 0.25) is 0 Å². The molecule has 0 aliphatic carbocycles. The van der Waals surface area contributed by atoms with Crippen LogP contribution in [0.5, 0.6) is 0 Å². The van der Waals surface area contributed by atoms with Crippen molar-refractivity contribution in [3.63, 3.8) is 0 Å². The van der Waals surface area contributed by atoms with Gasteiger partial charge in [-0.05, 0) is 55.0 Å². The molecule has 0 spiro atoms. The van der Waals surface area contributed by atoms with Gasteiger partial charge in [-0.1, -0.05) is 42.1 Å². The van der Waals surface area contributed by atoms with E-state index in [9.17, 15) is 9.59 Å². The van der Waals surface area contributed by atoms with Crippen molar-refractivity contribution in [2.75, 3.05) is 5.32 Å². The summed E-state index contributed by atoms with van der Waals surface area (Å²) in [4.78, 5) is 24.3. The van der Waals surface area contributed by atoms with Crippen LogP contribution in [-0.4, -0.2) is 37.1 Å². The molecule has 27 heavy (non-hydrogen) atoms. The Morgan fingerprint density at radius 2 is 1.81 bits per heavy atom. The highest BCUT2D eigenvalue weighted by Gasteiger charge is 2.21. The molecule has 0 unspecified atom stereocenters. The molecule has 0 aliphatic heterocycles. The van der Waals surface area contributed by atoms with Crippen molar-refractivity contribution in [3.8, 4) is 5.69 Å². The molecule has 8 heteroatoms. The Hall–Kier alpha value is -3.00. The Balaban J connectivity index is 1.76. The number of amides is 1. The number of tetrazole rings is 1. The highest BCUT2D eigenvalue weighted by atomic mass is 32.2. The first-order valence-electron chi connectivity index (χ1n) is 8.39. The Morgan fingerprint density at radius 1 is 1.11 bits per heavy atom. The van der Waals surface area contributed by atoms with Crippen molar-refractivity contribution < 1.29 is 9.59 Å². The smallest absolute Gasteiger partial charge is 0.237 e. The minimum atomic E-state index is -0.459. The summed E-state index contributed by atoms with van der Waals surface area (Å²) in [6.45, 7) is 5.22. The summed E-state index contributed by atoms with van der Waals surface area (Å²) >= 11 is 1.25. The summed E-state index contributed by atoms with van der Waals surface area (Å²) in [5.74, 6) is -0.331. The van der Waals surface area contributed by atoms with E-state index < -0.39 is 5.25 Å². The molecular formula is C19H19N5O2S. The lowest BCUT2D eigenvalue weighted by Crippen LogP contribution is -2.24. The molecule has 0 bridgehead atoms. The average molecular weight is 381 g/mol. The maximum Gasteiger partial charge on any atom is 0.237 e. The number of hydrogen-bond acceptors (Lipinski definition) is 6. The fraction of sp³-hybridized carbons (Fsp3) is 0.211. The molecule has 3 rings (SSSR count). The van der Waals surface area contributed by atoms with E-state index in [0.717, 1.165) is 11.3 Å². The zero-order valence-electron chi connectivity index (χ0n) is 15.2. The molecule has 138 valence electrons. The van der Waals surface area contributed by atoms with Crippen LogP contribution in [0.4, 0.5) is 5.69 Å². The van der Waals surface area contributed by atoms with Crippen LogP contribution in [0.15, 0.2) is 53.7 Å². The molecule has 1 atom stereocenters. The van der Waals surface area contributed by atoms with Gasteiger partial charge in [0.2, 0.25) is 11.1 Å². The lowest BCUT2D eigenvalue weighted by atomic mass is 10.1. The molecular weight excluding hydrogens is 362 g/mol. The SMILES string of the molecule is CC(=O)c1ccccc1NC(=O)[C@H](C)Sc1nnnn1-c1ccccc1C. The highest BCUT2D eigenvalue weighted by molar-refractivity contribution is 8.00. The number of hydrogen-bond donors (Lipinski definition) is 1. The number of aromatic nitrogens is 4. The van der Waals surface area contributed by atoms with Gasteiger partial charge in [0, 0.05) is 5.56 Å². The minimum Gasteiger partial charge on any atom is -0.324 e. The van der Waals surface area contributed by atoms with E-state index in [4.69, 9.17) is 0 Å². The number of nitrogens with one attached hydrogen (secondary N) is 1. The number of para-hydroxylation sites is 2. The minimum absolute atomic E-state index is 0.102. The first kappa shape index (κ1) is 18.8. The molecule has 1 aromatic heterocycles. The average Bonchev–Trinajstić information content (AvgIpc) is 3.10. The van der Waals surface area contributed by atoms with E-state index in [0.29, 0.717) is 16.4 Å². The van der Waals surface area contributed by atoms with Gasteiger partial charge in [0.05, 0.1) is 16.6 Å². The summed E-state index contributed by atoms with van der Waals surface area (Å²) in [5, 5.41) is 14.7. The van der Waals surface area contributed by atoms with E-state index in [2.05, 4.69) is 20.8 Å². The van der Waals surface area contributed by atoms with Crippen molar-refractivity contribution in [2.24, 2.45) is 0 Å². The van der Waals surface area contributed by atoms with Crippen molar-refractivity contribution in [1.82, 2.24) is 20.2 Å². The number of carbonyl (C=O) groups excluding carboxylic acids is 2. The number of anilines is 1. The number of Topliss-reactive ketones (excluding diaryl/α,β-unsaturated/α-hetero) is 1. The maximum absolute atomic E-state index is 12.6. The van der Waals surface area contributed by atoms with Gasteiger partial charge in [-0.3, -0.25) is 9.59 Å². The monoisotopic (exact) mass is 381 g/mol. The molecule has 2 aromatic carbocycles. The topological polar surface area (TPSA) is 89.8 Å². The van der Waals surface area contributed by atoms with Gasteiger partial charge in [-0.25, -0.2) is 0 Å². The number of carbonyl (C=O) groups is 2. The number of rotatable bonds is 6. The van der Waals surface area contributed by atoms with E-state index in [-0.39, 0.29) is 11.7 Å². The van der Waals surface area contributed by atoms with Gasteiger partial charge in [-0.15, -0.1) is 5.10 Å². The number of ketones is 1. The summed E-state index contributed by atoms with van der Waals surface area (Å²) in [5.41, 5.74) is 2.87. The Labute approximate surface area is 161 Å². The molecule has 3 aromatic rings. The van der Waals surface area contributed by atoms with Crippen molar-refractivity contribution in [2.45, 2.75) is 31.2 Å². The van der Waals surface area contributed by atoms with E-state index in [1.807, 2.05) is 31.2 Å². The third kappa shape index (κ3) is 4.22. The van der Waals surface area contributed by atoms with Crippen LogP contribution < -0.4 is 5.32 Å². The fourth-order valence-corrected chi connectivity index (χ4v) is 3.35. The van der Waals surface area contributed by atoms with Crippen LogP contribution >= 0.6 is 11.8 Å². The van der Waals surface area contributed by atoms with Gasteiger partial charge >= 0.3 is 0 Å². The molecule has 0 fully saturated rings. The second kappa shape index (κ2) is 8.13. The molecule has 0 aliphatic rings. The quantitative estimate of drug-likeness (QED) is 0.520. The molecule has 1 heterocycles. The van der Waals surface area contributed by atoms with Crippen molar-refractivity contribution in [3.05, 3.63) is 59.7 Å². The normalized spacial score (nSPS) is 11.8. The predicted molar refractivity (Wildman–Crippen MR) is 104 cm³/mol. The number of benzene rings is 2. The van der Waals surface area contributed by atoms with Crippen molar-refractivity contribution in [1.29, 1.82) is 0 Å². The molecule has 0 saturated carbocycles. The Bertz CT molecular complexity index is 985. The standard InChI is InChI=1S/C19H19N5O2S/c1-12-8-4-7-11-17(12)24-19(21-22-23-24)27-14(3)18(26)20-16-10-6-5-9-15(16)13(2)25/h4-11,14H,1-3H3,(H,20,26)/t14-/m0/s1. The summed E-state index contributed by atoms with van der Waals surface area (Å²) < 4.78 is 1.62. The maximum atomic E-state index is 12.6. The lowest BCUT2D eigenvalue weighted by molar-refractivity contribution is -0.115. The lowest BCUT2D eigenvalue weighted by Gasteiger charge is -2.14. The number of aryl methyl sites for hydroxylation is 1. The van der Waals surface area contributed by atoms with Crippen LogP contribution in [-0.2, 0) is 4.79 Å². The fourth-order valence-electron chi connectivity index (χ4n) is 2.55. The molecule has 7 nitrogen and oxygen atoms in total. The largest absolute Gasteiger partial charge is 0.324 e. The second-order valence-corrected chi connectivity index (χ2v) is 7.32. The zero-order valence-corrected chi connectivity index (χ0v) is 16.0. The first-order chi connectivity index (χ1) is 13.0. The summed E-state index contributed by atoms with van der Waals surface area (Å²) in [6, 6.07) is 14.7. The summed E-state index contributed by atoms with van der Waals surface area (Å²) in [7, 11) is 0. The van der Waals surface area contributed by atoms with Crippen LogP contribution in [0.1, 0.15) is 29.8 Å². The van der Waals surface area contributed by atoms with Crippen LogP contribution in [0.3, 0.4) is 0 Å². The predicted octanol–water partition coefficient (Wildman–Crippen LogP) is 3.29. The van der Waals surface area contributed by atoms with Gasteiger partial charge in [0.25, 0.3) is 0 Å². The number of thioether (sulfide) groups is 1. The van der Waals surface area contributed by atoms with Crippen LogP contribution in [0.25, 0.3) is 5.69 Å². The third-order valence-corrected chi connectivity index (χ3v) is 5.03.